The maximum Gasteiger partial charge on any atom is 0 e. The number of hydrogen-bond donors (Lipinski definition) is 0. The molecule has 0 saturated heterocycles. The van der Waals surface area contributed by atoms with Gasteiger partial charge in [-0.05, 0) is 0 Å². The van der Waals surface area contributed by atoms with Crippen molar-refractivity contribution in [1.82, 2.24) is 0 Å². The molecule has 0 bridgehead atoms. The molecule has 0 aliphatic rings. The molecule has 19 valence electrons. The zero-order valence-corrected chi connectivity index (χ0v) is 9.41. The van der Waals surface area contributed by atoms with Crippen molar-refractivity contribution in [3.05, 3.63) is 0 Å². The van der Waals surface area contributed by atoms with Crippen molar-refractivity contribution in [1.29, 1.82) is 0 Å². The van der Waals surface area contributed by atoms with E-state index in [4.69, 9.17) is 3.10 Å². The Balaban J connectivity index is -0.00000000500. The maximum atomic E-state index is 8.26. The molecular weight excluding hydrogens is 330 g/mol. The predicted molar refractivity (Wildman–Crippen MR) is 6.44 cm³/mol. The molecule has 0 unspecified atom stereocenters. The van der Waals surface area contributed by atoms with Crippen molar-refractivity contribution >= 4 is 22.3 Å². The zero-order valence-electron chi connectivity index (χ0n) is 1.89. The van der Waals surface area contributed by atoms with Crippen LogP contribution in [0.3, 0.4) is 0 Å². The van der Waals surface area contributed by atoms with E-state index in [2.05, 4.69) is 0 Å². The molecule has 0 aliphatic heterocycles. The first-order valence-electron chi connectivity index (χ1n) is 0.167. The molecule has 0 aromatic rings. The Morgan fingerprint density at radius 2 is 1.25 bits per heavy atom. The summed E-state index contributed by atoms with van der Waals surface area (Å²) in [4.78, 5) is 0. The SMILES string of the molecule is O=[Te].[La].[Ti]. The van der Waals surface area contributed by atoms with Gasteiger partial charge in [-0.15, -0.1) is 0 Å². The van der Waals surface area contributed by atoms with Gasteiger partial charge in [0.1, 0.15) is 0 Å². The Morgan fingerprint density at radius 3 is 1.25 bits per heavy atom. The molecule has 1 nitrogen and oxygen atoms in total. The summed E-state index contributed by atoms with van der Waals surface area (Å²) < 4.78 is 8.26. The fourth-order valence-corrected chi connectivity index (χ4v) is 0. The predicted octanol–water partition coefficient (Wildman–Crippen LogP) is -0.502. The Hall–Kier alpha value is 2.50. The molecule has 0 aliphatic carbocycles. The summed E-state index contributed by atoms with van der Waals surface area (Å²) in [5, 5.41) is 0. The van der Waals surface area contributed by atoms with Gasteiger partial charge in [0.25, 0.3) is 0 Å². The summed E-state index contributed by atoms with van der Waals surface area (Å²) in [7, 11) is 0. The average molecular weight is 330 g/mol. The Kier molecular flexibility index (Phi) is 71.5. The molecule has 4 heteroatoms. The van der Waals surface area contributed by atoms with Crippen LogP contribution in [0.2, 0.25) is 0 Å². The molecule has 0 amide bonds. The van der Waals surface area contributed by atoms with E-state index >= 15 is 0 Å². The van der Waals surface area contributed by atoms with Crippen molar-refractivity contribution in [3.63, 3.8) is 0 Å². The molecule has 0 saturated carbocycles. The summed E-state index contributed by atoms with van der Waals surface area (Å²) in [5.74, 6) is 0. The first kappa shape index (κ1) is 16.1. The van der Waals surface area contributed by atoms with Crippen molar-refractivity contribution in [2.24, 2.45) is 0 Å². The maximum absolute atomic E-state index is 8.26. The van der Waals surface area contributed by atoms with Gasteiger partial charge in [-0.3, -0.25) is 0 Å². The third kappa shape index (κ3) is 8.82. The second-order valence-electron chi connectivity index (χ2n) is 0. The minimum Gasteiger partial charge on any atom is 0 e. The van der Waals surface area contributed by atoms with E-state index in [0.717, 1.165) is 0 Å². The standard InChI is InChI=1S/La.OTe.Ti/c;1-2;. The van der Waals surface area contributed by atoms with Crippen LogP contribution < -0.4 is 0 Å². The van der Waals surface area contributed by atoms with Gasteiger partial charge < -0.3 is 0 Å². The Bertz CT molecular complexity index is 8.00. The van der Waals surface area contributed by atoms with E-state index in [-0.39, 0.29) is 57.3 Å². The van der Waals surface area contributed by atoms with Crippen LogP contribution in [-0.4, -0.2) is 22.3 Å². The van der Waals surface area contributed by atoms with Gasteiger partial charge in [-0.1, -0.05) is 0 Å². The van der Waals surface area contributed by atoms with Crippen LogP contribution in [0.25, 0.3) is 0 Å². The smallest absolute Gasteiger partial charge is 0 e. The monoisotopic (exact) mass is 333 g/mol. The van der Waals surface area contributed by atoms with E-state index in [1.807, 2.05) is 0 Å². The van der Waals surface area contributed by atoms with E-state index < -0.39 is 0 Å². The van der Waals surface area contributed by atoms with Crippen LogP contribution in [0.5, 0.6) is 0 Å². The number of hydrogen-bond acceptors (Lipinski definition) is 1. The van der Waals surface area contributed by atoms with E-state index in [0.29, 0.717) is 22.3 Å². The minimum atomic E-state index is 0. The van der Waals surface area contributed by atoms with Gasteiger partial charge in [-0.2, -0.15) is 0 Å². The fourth-order valence-electron chi connectivity index (χ4n) is 0. The molecule has 0 aromatic heterocycles. The summed E-state index contributed by atoms with van der Waals surface area (Å²) in [6.45, 7) is 0. The third-order valence-corrected chi connectivity index (χ3v) is 0. The van der Waals surface area contributed by atoms with Crippen molar-refractivity contribution in [3.8, 4) is 0 Å². The zero-order chi connectivity index (χ0) is 2.00. The van der Waals surface area contributed by atoms with Gasteiger partial charge in [0.05, 0.1) is 0 Å². The molecule has 0 spiro atoms. The molecule has 0 N–H and O–H groups in total. The topological polar surface area (TPSA) is 17.1 Å². The van der Waals surface area contributed by atoms with Gasteiger partial charge >= 0.3 is 25.4 Å². The normalized spacial score (nSPS) is 1.00. The largest absolute Gasteiger partial charge is 0 e. The summed E-state index contributed by atoms with van der Waals surface area (Å²) in [6, 6.07) is 0. The van der Waals surface area contributed by atoms with Gasteiger partial charge in [0, 0.05) is 57.3 Å². The third-order valence-electron chi connectivity index (χ3n) is 0. The van der Waals surface area contributed by atoms with Crippen LogP contribution >= 0.6 is 0 Å². The van der Waals surface area contributed by atoms with Crippen molar-refractivity contribution in [2.45, 2.75) is 0 Å². The summed E-state index contributed by atoms with van der Waals surface area (Å²) >= 11 is 0.700. The molecule has 4 heavy (non-hydrogen) atoms. The van der Waals surface area contributed by atoms with Crippen molar-refractivity contribution < 1.29 is 60.4 Å². The van der Waals surface area contributed by atoms with Gasteiger partial charge in [0.2, 0.25) is 0 Å². The first-order chi connectivity index (χ1) is 1.00. The average Bonchev–Trinajstić information content (AvgIpc) is 1.00. The first-order valence-corrected chi connectivity index (χ1v) is 1.12. The van der Waals surface area contributed by atoms with Crippen molar-refractivity contribution in [2.75, 3.05) is 0 Å². The molecule has 0 fully saturated rings. The molecule has 0 rings (SSSR count). The minimum absolute atomic E-state index is 0. The molecular formula is LaOTeTi. The van der Waals surface area contributed by atoms with Crippen LogP contribution in [0.15, 0.2) is 0 Å². The second kappa shape index (κ2) is 17.8. The molecule has 1 radical (unpaired) electrons. The van der Waals surface area contributed by atoms with Gasteiger partial charge in [0.15, 0.2) is 0 Å². The van der Waals surface area contributed by atoms with Crippen LogP contribution in [0, 0.1) is 35.6 Å². The summed E-state index contributed by atoms with van der Waals surface area (Å²) in [6.07, 6.45) is 0. The van der Waals surface area contributed by atoms with E-state index in [1.165, 1.54) is 0 Å². The molecule has 0 heterocycles. The van der Waals surface area contributed by atoms with E-state index in [9.17, 15) is 0 Å². The molecule has 0 aromatic carbocycles. The van der Waals surface area contributed by atoms with Crippen LogP contribution in [0.4, 0.5) is 0 Å². The Labute approximate surface area is 81.1 Å². The second-order valence-corrected chi connectivity index (χ2v) is 0. The van der Waals surface area contributed by atoms with Gasteiger partial charge in [-0.25, -0.2) is 0 Å². The van der Waals surface area contributed by atoms with Crippen LogP contribution in [0.1, 0.15) is 0 Å². The quantitative estimate of drug-likeness (QED) is 0.547. The number of rotatable bonds is 0. The van der Waals surface area contributed by atoms with E-state index in [1.54, 1.807) is 0 Å². The fraction of sp³-hybridized carbons (Fsp3) is 0. The summed E-state index contributed by atoms with van der Waals surface area (Å²) in [5.41, 5.74) is 0. The molecule has 0 atom stereocenters. The Morgan fingerprint density at radius 1 is 1.25 bits per heavy atom. The van der Waals surface area contributed by atoms with Crippen LogP contribution in [-0.2, 0) is 24.8 Å².